The molecule has 18 unspecified atom stereocenters. The van der Waals surface area contributed by atoms with Crippen molar-refractivity contribution >= 4 is 17.8 Å². The maximum atomic E-state index is 13.5. The van der Waals surface area contributed by atoms with Gasteiger partial charge in [-0.05, 0) is 19.3 Å². The van der Waals surface area contributed by atoms with Crippen LogP contribution < -0.4 is 10.6 Å². The molecule has 3 saturated heterocycles. The molecule has 3 aliphatic heterocycles. The van der Waals surface area contributed by atoms with Crippen molar-refractivity contribution in [2.24, 2.45) is 0 Å². The zero-order valence-electron chi connectivity index (χ0n) is 64.9. The van der Waals surface area contributed by atoms with Crippen molar-refractivity contribution in [3.63, 3.8) is 0 Å². The Morgan fingerprint density at radius 1 is 0.500 bits per heavy atom. The van der Waals surface area contributed by atoms with Crippen LogP contribution in [0, 0.1) is 0 Å². The molecule has 3 heterocycles. The van der Waals surface area contributed by atoms with E-state index in [0.29, 0.717) is 12.8 Å². The normalized spacial score (nSPS) is 26.4. The highest BCUT2D eigenvalue weighted by Gasteiger charge is 2.60. The van der Waals surface area contributed by atoms with Gasteiger partial charge in [-0.15, -0.1) is 0 Å². The molecule has 0 aromatic heterocycles. The SMILES string of the molecule is CCCCCCCCCCCCCCCCCC/C=C/C(O)C(COC1OC(CO)C(OC2OC(CO)C(O)C(OC3(C(=O)O)CC(O)C(NC(C)=O)C(C(O)C(O)CO)O3)C2O)C(O)C1O)NC(=O)CCCCCCCCCCCCCCCCCCCCCCCCCCCCCCCCCC. The number of hydrogen-bond acceptors (Lipinski definition) is 20. The first-order valence-electron chi connectivity index (χ1n) is 42.1. The van der Waals surface area contributed by atoms with Crippen LogP contribution in [0.5, 0.6) is 0 Å². The molecule has 0 aliphatic carbocycles. The van der Waals surface area contributed by atoms with E-state index in [1.165, 1.54) is 257 Å². The lowest BCUT2D eigenvalue weighted by molar-refractivity contribution is -0.386. The molecule has 0 aromatic carbocycles. The third kappa shape index (κ3) is 39.9. The van der Waals surface area contributed by atoms with Gasteiger partial charge < -0.3 is 100 Å². The van der Waals surface area contributed by atoms with E-state index in [0.717, 1.165) is 51.9 Å². The van der Waals surface area contributed by atoms with E-state index in [2.05, 4.69) is 24.5 Å². The van der Waals surface area contributed by atoms with E-state index >= 15 is 0 Å². The number of ether oxygens (including phenoxy) is 6. The number of nitrogens with one attached hydrogen (secondary N) is 2. The second-order valence-corrected chi connectivity index (χ2v) is 30.7. The highest BCUT2D eigenvalue weighted by Crippen LogP contribution is 2.39. The summed E-state index contributed by atoms with van der Waals surface area (Å²) in [5.74, 6) is -6.13. The molecule has 3 aliphatic rings. The van der Waals surface area contributed by atoms with E-state index in [9.17, 15) is 75.7 Å². The summed E-state index contributed by atoms with van der Waals surface area (Å²) in [5, 5.41) is 136. The summed E-state index contributed by atoms with van der Waals surface area (Å²) in [4.78, 5) is 38.7. The number of aliphatic hydroxyl groups excluding tert-OH is 11. The molecule has 23 nitrogen and oxygen atoms in total. The standard InChI is InChI=1S/C81H152N2O21/c1-4-6-8-10-12-14-16-18-20-22-24-25-26-27-28-29-30-31-32-33-34-35-36-37-39-41-43-45-47-49-51-53-55-68(91)83-62(63(88)54-52-50-48-46-44-42-40-38-23-21-19-17-15-13-11-9-7-5-2)60-99-78-73(95)72(94)75(67(59-86)101-78)102-79-74(96)77(71(93)66(58-85)100-79)104-81(80(97)98)56-64(89)69(82-61(3)87)76(103-81)70(92)65(90)57-84/h52,54,62-67,69-79,84-86,88-90,92-96H,4-51,53,55-60H2,1-3H3,(H,82,87)(H,83,91)(H,97,98)/b54-52+. The fourth-order valence-corrected chi connectivity index (χ4v) is 14.8. The minimum Gasteiger partial charge on any atom is -0.477 e. The molecule has 3 rings (SSSR count). The Kier molecular flexibility index (Phi) is 55.4. The third-order valence-corrected chi connectivity index (χ3v) is 21.5. The Bertz CT molecular complexity index is 2120. The highest BCUT2D eigenvalue weighted by molar-refractivity contribution is 5.77. The topological polar surface area (TPSA) is 373 Å². The van der Waals surface area contributed by atoms with Crippen LogP contribution in [0.4, 0.5) is 0 Å². The van der Waals surface area contributed by atoms with Crippen LogP contribution in [0.1, 0.15) is 348 Å². The number of carboxylic acid groups (broad SMARTS) is 1. The van der Waals surface area contributed by atoms with Gasteiger partial charge in [-0.25, -0.2) is 4.79 Å². The van der Waals surface area contributed by atoms with Crippen molar-refractivity contribution in [3.8, 4) is 0 Å². The number of carboxylic acids is 1. The van der Waals surface area contributed by atoms with Gasteiger partial charge in [0, 0.05) is 19.8 Å². The van der Waals surface area contributed by atoms with E-state index in [-0.39, 0.29) is 12.3 Å². The number of carbonyl (C=O) groups excluding carboxylic acids is 2. The average Bonchev–Trinajstić information content (AvgIpc) is 0.756. The second kappa shape index (κ2) is 60.2. The number of aliphatic carboxylic acids is 1. The molecule has 0 aromatic rings. The number of hydrogen-bond donors (Lipinski definition) is 14. The smallest absolute Gasteiger partial charge is 0.364 e. The summed E-state index contributed by atoms with van der Waals surface area (Å²) >= 11 is 0. The van der Waals surface area contributed by atoms with Crippen LogP contribution in [0.2, 0.25) is 0 Å². The summed E-state index contributed by atoms with van der Waals surface area (Å²) < 4.78 is 34.9. The summed E-state index contributed by atoms with van der Waals surface area (Å²) in [6, 6.07) is -2.62. The monoisotopic (exact) mass is 1490 g/mol. The fourth-order valence-electron chi connectivity index (χ4n) is 14.8. The average molecular weight is 1490 g/mol. The Hall–Kier alpha value is -2.53. The first-order valence-corrected chi connectivity index (χ1v) is 42.1. The molecule has 0 bridgehead atoms. The van der Waals surface area contributed by atoms with E-state index < -0.39 is 155 Å². The molecule has 104 heavy (non-hydrogen) atoms. The Labute approximate surface area is 626 Å². The van der Waals surface area contributed by atoms with E-state index in [1.54, 1.807) is 6.08 Å². The molecule has 14 N–H and O–H groups in total. The zero-order chi connectivity index (χ0) is 76.0. The Morgan fingerprint density at radius 3 is 1.28 bits per heavy atom. The maximum Gasteiger partial charge on any atom is 0.364 e. The number of aliphatic hydroxyl groups is 11. The minimum absolute atomic E-state index is 0.206. The lowest BCUT2D eigenvalue weighted by Crippen LogP contribution is -2.70. The second-order valence-electron chi connectivity index (χ2n) is 30.7. The quantitative estimate of drug-likeness (QED) is 0.0199. The minimum atomic E-state index is -3.08. The third-order valence-electron chi connectivity index (χ3n) is 21.5. The molecular formula is C81H152N2O21. The Balaban J connectivity index is 1.46. The van der Waals surface area contributed by atoms with Crippen LogP contribution in [0.15, 0.2) is 12.2 Å². The highest BCUT2D eigenvalue weighted by atomic mass is 16.8. The molecule has 3 fully saturated rings. The summed E-state index contributed by atoms with van der Waals surface area (Å²) in [6.07, 6.45) is 36.9. The first kappa shape index (κ1) is 95.7. The van der Waals surface area contributed by atoms with Crippen LogP contribution in [-0.2, 0) is 42.8 Å². The van der Waals surface area contributed by atoms with Crippen molar-refractivity contribution in [2.45, 2.75) is 458 Å². The van der Waals surface area contributed by atoms with Crippen molar-refractivity contribution in [2.75, 3.05) is 26.4 Å². The van der Waals surface area contributed by atoms with E-state index in [4.69, 9.17) is 28.4 Å². The van der Waals surface area contributed by atoms with Crippen molar-refractivity contribution in [3.05, 3.63) is 12.2 Å². The summed E-state index contributed by atoms with van der Waals surface area (Å²) in [6.45, 7) is 2.20. The molecular weight excluding hydrogens is 1340 g/mol. The molecule has 2 amide bonds. The number of amides is 2. The molecule has 0 radical (unpaired) electrons. The van der Waals surface area contributed by atoms with Gasteiger partial charge >= 0.3 is 5.97 Å². The van der Waals surface area contributed by atoms with Gasteiger partial charge in [0.05, 0.1) is 50.7 Å². The number of carbonyl (C=O) groups is 3. The lowest BCUT2D eigenvalue weighted by Gasteiger charge is -2.50. The van der Waals surface area contributed by atoms with Crippen LogP contribution in [-0.4, -0.2) is 215 Å². The van der Waals surface area contributed by atoms with Gasteiger partial charge in [-0.1, -0.05) is 321 Å². The maximum absolute atomic E-state index is 13.5. The van der Waals surface area contributed by atoms with Crippen LogP contribution >= 0.6 is 0 Å². The molecule has 0 saturated carbocycles. The van der Waals surface area contributed by atoms with Gasteiger partial charge in [-0.3, -0.25) is 9.59 Å². The zero-order valence-corrected chi connectivity index (χ0v) is 64.9. The number of rotatable bonds is 67. The van der Waals surface area contributed by atoms with E-state index in [1.807, 2.05) is 6.08 Å². The fraction of sp³-hybridized carbons (Fsp3) is 0.938. The first-order chi connectivity index (χ1) is 50.4. The van der Waals surface area contributed by atoms with Crippen LogP contribution in [0.25, 0.3) is 0 Å². The number of allylic oxidation sites excluding steroid dienone is 1. The van der Waals surface area contributed by atoms with Gasteiger partial charge in [0.2, 0.25) is 11.8 Å². The van der Waals surface area contributed by atoms with Gasteiger partial charge in [0.15, 0.2) is 12.6 Å². The summed E-state index contributed by atoms with van der Waals surface area (Å²) in [7, 11) is 0. The van der Waals surface area contributed by atoms with Crippen LogP contribution in [0.3, 0.4) is 0 Å². The van der Waals surface area contributed by atoms with Gasteiger partial charge in [0.25, 0.3) is 5.79 Å². The molecule has 612 valence electrons. The number of unbranched alkanes of at least 4 members (excludes halogenated alkanes) is 47. The molecule has 0 spiro atoms. The molecule has 18 atom stereocenters. The largest absolute Gasteiger partial charge is 0.477 e. The summed E-state index contributed by atoms with van der Waals surface area (Å²) in [5.41, 5.74) is 0. The van der Waals surface area contributed by atoms with Crippen molar-refractivity contribution in [1.82, 2.24) is 10.6 Å². The predicted molar refractivity (Wildman–Crippen MR) is 403 cm³/mol. The van der Waals surface area contributed by atoms with Gasteiger partial charge in [0.1, 0.15) is 67.1 Å². The van der Waals surface area contributed by atoms with Crippen molar-refractivity contribution < 1.29 is 104 Å². The predicted octanol–water partition coefficient (Wildman–Crippen LogP) is 11.7. The van der Waals surface area contributed by atoms with Gasteiger partial charge in [-0.2, -0.15) is 0 Å². The Morgan fingerprint density at radius 2 is 0.894 bits per heavy atom. The lowest BCUT2D eigenvalue weighted by atomic mass is 9.88. The molecule has 23 heteroatoms. The van der Waals surface area contributed by atoms with Crippen molar-refractivity contribution in [1.29, 1.82) is 0 Å².